The van der Waals surface area contributed by atoms with Gasteiger partial charge in [0.25, 0.3) is 5.91 Å². The van der Waals surface area contributed by atoms with Crippen LogP contribution in [0.2, 0.25) is 0 Å². The van der Waals surface area contributed by atoms with Crippen molar-refractivity contribution in [3.05, 3.63) is 82.1 Å². The van der Waals surface area contributed by atoms with E-state index in [4.69, 9.17) is 4.74 Å². The minimum atomic E-state index is -1.12. The second-order valence-electron chi connectivity index (χ2n) is 7.34. The molecule has 4 rings (SSSR count). The van der Waals surface area contributed by atoms with Gasteiger partial charge in [0.1, 0.15) is 11.6 Å². The molecule has 1 atom stereocenters. The molecule has 0 radical (unpaired) electrons. The quantitative estimate of drug-likeness (QED) is 0.351. The molecule has 6 nitrogen and oxygen atoms in total. The number of aromatic amines is 1. The zero-order valence-corrected chi connectivity index (χ0v) is 18.9. The molecule has 1 unspecified atom stereocenters. The third-order valence-electron chi connectivity index (χ3n) is 4.88. The van der Waals surface area contributed by atoms with E-state index in [1.165, 1.54) is 19.1 Å². The van der Waals surface area contributed by atoms with Crippen LogP contribution >= 0.6 is 15.9 Å². The number of aryl methyl sites for hydroxylation is 1. The topological polar surface area (TPSA) is 84.1 Å². The number of amides is 1. The van der Waals surface area contributed by atoms with Gasteiger partial charge in [0.15, 0.2) is 6.10 Å². The predicted molar refractivity (Wildman–Crippen MR) is 124 cm³/mol. The Morgan fingerprint density at radius 3 is 2.56 bits per heavy atom. The van der Waals surface area contributed by atoms with Gasteiger partial charge in [-0.25, -0.2) is 14.2 Å². The summed E-state index contributed by atoms with van der Waals surface area (Å²) in [5.74, 6) is -1.21. The van der Waals surface area contributed by atoms with Crippen LogP contribution in [0.5, 0.6) is 0 Å². The summed E-state index contributed by atoms with van der Waals surface area (Å²) < 4.78 is 19.8. The van der Waals surface area contributed by atoms with Crippen LogP contribution in [0.3, 0.4) is 0 Å². The van der Waals surface area contributed by atoms with E-state index in [1.807, 2.05) is 31.2 Å². The largest absolute Gasteiger partial charge is 0.449 e. The lowest BCUT2D eigenvalue weighted by molar-refractivity contribution is -0.123. The number of carbonyl (C=O) groups excluding carboxylic acids is 2. The first-order valence-corrected chi connectivity index (χ1v) is 10.6. The molecule has 0 aliphatic carbocycles. The molecule has 32 heavy (non-hydrogen) atoms. The van der Waals surface area contributed by atoms with Crippen molar-refractivity contribution >= 4 is 44.5 Å². The van der Waals surface area contributed by atoms with E-state index in [9.17, 15) is 14.0 Å². The van der Waals surface area contributed by atoms with Gasteiger partial charge in [-0.2, -0.15) is 0 Å². The van der Waals surface area contributed by atoms with Crippen LogP contribution < -0.4 is 5.32 Å². The molecular formula is C24H19BrFN3O3. The molecule has 0 saturated heterocycles. The molecule has 0 aliphatic heterocycles. The summed E-state index contributed by atoms with van der Waals surface area (Å²) in [4.78, 5) is 32.7. The number of imidazole rings is 1. The number of rotatable bonds is 5. The van der Waals surface area contributed by atoms with Crippen molar-refractivity contribution in [1.29, 1.82) is 0 Å². The average molecular weight is 496 g/mol. The molecule has 0 saturated carbocycles. The maximum atomic E-state index is 13.9. The van der Waals surface area contributed by atoms with Crippen molar-refractivity contribution in [3.8, 4) is 11.4 Å². The molecular weight excluding hydrogens is 477 g/mol. The molecule has 0 bridgehead atoms. The smallest absolute Gasteiger partial charge is 0.338 e. The second kappa shape index (κ2) is 8.92. The third-order valence-corrected chi connectivity index (χ3v) is 5.38. The first-order chi connectivity index (χ1) is 15.3. The van der Waals surface area contributed by atoms with E-state index in [0.717, 1.165) is 11.1 Å². The van der Waals surface area contributed by atoms with Crippen molar-refractivity contribution in [2.75, 3.05) is 5.32 Å². The number of nitrogens with one attached hydrogen (secondary N) is 2. The van der Waals surface area contributed by atoms with Crippen LogP contribution in [0.25, 0.3) is 22.4 Å². The van der Waals surface area contributed by atoms with Gasteiger partial charge in [-0.15, -0.1) is 0 Å². The fourth-order valence-corrected chi connectivity index (χ4v) is 3.43. The zero-order chi connectivity index (χ0) is 22.8. The summed E-state index contributed by atoms with van der Waals surface area (Å²) in [5, 5.41) is 2.42. The molecule has 162 valence electrons. The number of benzene rings is 3. The maximum Gasteiger partial charge on any atom is 0.338 e. The fourth-order valence-electron chi connectivity index (χ4n) is 3.09. The van der Waals surface area contributed by atoms with Gasteiger partial charge < -0.3 is 15.0 Å². The van der Waals surface area contributed by atoms with E-state index >= 15 is 0 Å². The Kier molecular flexibility index (Phi) is 6.05. The van der Waals surface area contributed by atoms with Crippen LogP contribution in [0.15, 0.2) is 65.1 Å². The highest BCUT2D eigenvalue weighted by Gasteiger charge is 2.21. The summed E-state index contributed by atoms with van der Waals surface area (Å²) in [5.41, 5.74) is 3.73. The summed E-state index contributed by atoms with van der Waals surface area (Å²) in [6.45, 7) is 3.44. The Labute approximate surface area is 192 Å². The zero-order valence-electron chi connectivity index (χ0n) is 17.3. The first-order valence-electron chi connectivity index (χ1n) is 9.84. The maximum absolute atomic E-state index is 13.9. The normalized spacial score (nSPS) is 11.9. The molecule has 2 N–H and O–H groups in total. The number of aromatic nitrogens is 2. The van der Waals surface area contributed by atoms with Crippen molar-refractivity contribution in [2.24, 2.45) is 0 Å². The summed E-state index contributed by atoms with van der Waals surface area (Å²) >= 11 is 3.16. The number of carbonyl (C=O) groups is 2. The number of fused-ring (bicyclic) bond motifs is 1. The summed E-state index contributed by atoms with van der Waals surface area (Å²) in [7, 11) is 0. The van der Waals surface area contributed by atoms with Crippen LogP contribution in [-0.4, -0.2) is 27.9 Å². The van der Waals surface area contributed by atoms with Crippen molar-refractivity contribution in [1.82, 2.24) is 9.97 Å². The molecule has 3 aromatic carbocycles. The van der Waals surface area contributed by atoms with Crippen LogP contribution in [0.1, 0.15) is 22.8 Å². The van der Waals surface area contributed by atoms with Crippen molar-refractivity contribution < 1.29 is 18.7 Å². The molecule has 4 aromatic rings. The summed E-state index contributed by atoms with van der Waals surface area (Å²) in [6, 6.07) is 17.1. The monoisotopic (exact) mass is 495 g/mol. The number of hydrogen-bond donors (Lipinski definition) is 2. The third kappa shape index (κ3) is 4.70. The lowest BCUT2D eigenvalue weighted by Crippen LogP contribution is -2.30. The molecule has 0 fully saturated rings. The number of nitrogens with zero attached hydrogens (tertiary/aromatic N) is 1. The molecule has 1 aromatic heterocycles. The molecule has 0 aliphatic rings. The van der Waals surface area contributed by atoms with Gasteiger partial charge >= 0.3 is 5.97 Å². The first kappa shape index (κ1) is 21.7. The van der Waals surface area contributed by atoms with E-state index < -0.39 is 23.8 Å². The van der Waals surface area contributed by atoms with Gasteiger partial charge in [0, 0.05) is 10.0 Å². The number of esters is 1. The van der Waals surface area contributed by atoms with Crippen LogP contribution in [-0.2, 0) is 9.53 Å². The lowest BCUT2D eigenvalue weighted by Gasteiger charge is -2.14. The lowest BCUT2D eigenvalue weighted by atomic mass is 10.1. The molecule has 8 heteroatoms. The minimum absolute atomic E-state index is 0.00335. The van der Waals surface area contributed by atoms with Gasteiger partial charge in [-0.1, -0.05) is 45.8 Å². The minimum Gasteiger partial charge on any atom is -0.449 e. The van der Waals surface area contributed by atoms with E-state index in [2.05, 4.69) is 31.2 Å². The molecule has 0 spiro atoms. The number of hydrogen-bond acceptors (Lipinski definition) is 4. The Hall–Kier alpha value is -3.52. The fraction of sp³-hybridized carbons (Fsp3) is 0.125. The van der Waals surface area contributed by atoms with Gasteiger partial charge in [0.2, 0.25) is 0 Å². The van der Waals surface area contributed by atoms with Crippen molar-refractivity contribution in [2.45, 2.75) is 20.0 Å². The molecule has 1 heterocycles. The van der Waals surface area contributed by atoms with Gasteiger partial charge in [-0.05, 0) is 50.2 Å². The molecule has 1 amide bonds. The Bertz CT molecular complexity index is 1320. The Morgan fingerprint density at radius 1 is 1.09 bits per heavy atom. The average Bonchev–Trinajstić information content (AvgIpc) is 3.19. The number of halogens is 2. The van der Waals surface area contributed by atoms with Crippen molar-refractivity contribution in [3.63, 3.8) is 0 Å². The van der Waals surface area contributed by atoms with Crippen LogP contribution in [0, 0.1) is 12.7 Å². The number of ether oxygens (including phenoxy) is 1. The highest BCUT2D eigenvalue weighted by Crippen LogP contribution is 2.23. The highest BCUT2D eigenvalue weighted by atomic mass is 79.9. The van der Waals surface area contributed by atoms with E-state index in [0.29, 0.717) is 21.3 Å². The second-order valence-corrected chi connectivity index (χ2v) is 8.26. The van der Waals surface area contributed by atoms with Crippen LogP contribution in [0.4, 0.5) is 10.1 Å². The van der Waals surface area contributed by atoms with E-state index in [1.54, 1.807) is 24.3 Å². The Morgan fingerprint density at radius 2 is 1.84 bits per heavy atom. The SMILES string of the molecule is Cc1ccc(-c2nc3ccc(C(=O)OC(C)C(=O)Nc4ccc(Br)cc4F)cc3[nH]2)cc1. The van der Waals surface area contributed by atoms with Gasteiger partial charge in [0.05, 0.1) is 22.3 Å². The highest BCUT2D eigenvalue weighted by molar-refractivity contribution is 9.10. The van der Waals surface area contributed by atoms with Gasteiger partial charge in [-0.3, -0.25) is 4.79 Å². The standard InChI is InChI=1S/C24H19BrFN3O3/c1-13-3-5-15(6-4-13)22-27-20-9-7-16(11-21(20)28-22)24(31)32-14(2)23(30)29-19-10-8-17(25)12-18(19)26/h3-12,14H,1-2H3,(H,27,28)(H,29,30). The van der Waals surface area contributed by atoms with E-state index in [-0.39, 0.29) is 11.3 Å². The predicted octanol–water partition coefficient (Wildman–Crippen LogP) is 5.62. The number of H-pyrrole nitrogens is 1. The summed E-state index contributed by atoms with van der Waals surface area (Å²) in [6.07, 6.45) is -1.12. The Balaban J connectivity index is 1.46. The number of anilines is 1.